The van der Waals surface area contributed by atoms with Crippen LogP contribution in [0, 0.1) is 5.82 Å². The van der Waals surface area contributed by atoms with E-state index in [0.717, 1.165) is 63.5 Å². The number of anilines is 1. The fourth-order valence-electron chi connectivity index (χ4n) is 4.36. The molecular weight excluding hydrogens is 397 g/mol. The minimum Gasteiger partial charge on any atom is -0.487 e. The van der Waals surface area contributed by atoms with Gasteiger partial charge in [0, 0.05) is 48.6 Å². The topological polar surface area (TPSA) is 62.8 Å². The van der Waals surface area contributed by atoms with Gasteiger partial charge in [0.2, 0.25) is 0 Å². The van der Waals surface area contributed by atoms with Crippen molar-refractivity contribution in [1.82, 2.24) is 10.2 Å². The Balaban J connectivity index is 1.24. The molecule has 0 saturated carbocycles. The lowest BCUT2D eigenvalue weighted by molar-refractivity contribution is -0.110. The average molecular weight is 423 g/mol. The molecule has 2 aromatic carbocycles. The van der Waals surface area contributed by atoms with Crippen LogP contribution in [0.2, 0.25) is 0 Å². The number of hydrogen-bond donors (Lipinski definition) is 2. The van der Waals surface area contributed by atoms with Gasteiger partial charge in [0.05, 0.1) is 18.8 Å². The van der Waals surface area contributed by atoms with Crippen molar-refractivity contribution >= 4 is 22.9 Å². The Morgan fingerprint density at radius 2 is 1.94 bits per heavy atom. The summed E-state index contributed by atoms with van der Waals surface area (Å²) >= 11 is 0. The van der Waals surface area contributed by atoms with Gasteiger partial charge in [-0.1, -0.05) is 18.2 Å². The van der Waals surface area contributed by atoms with Crippen molar-refractivity contribution in [3.8, 4) is 0 Å². The van der Waals surface area contributed by atoms with Gasteiger partial charge < -0.3 is 20.1 Å². The molecule has 0 atom stereocenters. The maximum atomic E-state index is 13.8. The fourth-order valence-corrected chi connectivity index (χ4v) is 4.36. The summed E-state index contributed by atoms with van der Waals surface area (Å²) in [6.07, 6.45) is 0.927. The molecule has 1 fully saturated rings. The zero-order valence-electron chi connectivity index (χ0n) is 17.4. The van der Waals surface area contributed by atoms with Gasteiger partial charge in [0.25, 0.3) is 5.91 Å². The molecule has 0 aliphatic carbocycles. The van der Waals surface area contributed by atoms with Gasteiger partial charge in [-0.2, -0.15) is 0 Å². The Labute approximate surface area is 181 Å². The molecule has 6 nitrogen and oxygen atoms in total. The van der Waals surface area contributed by atoms with E-state index in [0.29, 0.717) is 29.2 Å². The molecule has 3 aliphatic heterocycles. The van der Waals surface area contributed by atoms with Gasteiger partial charge >= 0.3 is 0 Å². The van der Waals surface area contributed by atoms with E-state index in [9.17, 15) is 9.18 Å². The first-order chi connectivity index (χ1) is 15.2. The normalized spacial score (nSPS) is 20.4. The second-order valence-electron chi connectivity index (χ2n) is 8.08. The minimum absolute atomic E-state index is 0.253. The molecule has 5 rings (SSSR count). The van der Waals surface area contributed by atoms with Gasteiger partial charge in [-0.05, 0) is 36.7 Å². The number of carbonyl (C=O) groups is 1. The Bertz CT molecular complexity index is 1030. The monoisotopic (exact) mass is 423 g/mol. The van der Waals surface area contributed by atoms with Gasteiger partial charge in [-0.3, -0.25) is 9.69 Å². The maximum absolute atomic E-state index is 13.8. The Morgan fingerprint density at radius 1 is 1.06 bits per heavy atom. The van der Waals surface area contributed by atoms with Crippen molar-refractivity contribution in [1.29, 1.82) is 0 Å². The summed E-state index contributed by atoms with van der Waals surface area (Å²) in [5, 5.41) is 6.31. The van der Waals surface area contributed by atoms with Crippen molar-refractivity contribution in [3.05, 3.63) is 64.5 Å². The average Bonchev–Trinajstić information content (AvgIpc) is 3.33. The first-order valence-electron chi connectivity index (χ1n) is 10.8. The number of carbonyl (C=O) groups excluding carboxylic acids is 1. The lowest BCUT2D eigenvalue weighted by atomic mass is 9.98. The molecule has 1 amide bonds. The van der Waals surface area contributed by atoms with Gasteiger partial charge in [-0.25, -0.2) is 4.39 Å². The third-order valence-corrected chi connectivity index (χ3v) is 6.04. The highest BCUT2D eigenvalue weighted by Gasteiger charge is 2.32. The molecule has 0 unspecified atom stereocenters. The number of nitrogens with zero attached hydrogens (tertiary/aromatic N) is 1. The van der Waals surface area contributed by atoms with Crippen LogP contribution in [0.3, 0.4) is 0 Å². The number of rotatable bonds is 6. The summed E-state index contributed by atoms with van der Waals surface area (Å²) in [6.45, 7) is 7.03. The Morgan fingerprint density at radius 3 is 2.81 bits per heavy atom. The van der Waals surface area contributed by atoms with Crippen molar-refractivity contribution in [2.24, 2.45) is 0 Å². The molecule has 3 heterocycles. The van der Waals surface area contributed by atoms with E-state index in [1.165, 1.54) is 17.7 Å². The van der Waals surface area contributed by atoms with Crippen LogP contribution < -0.4 is 10.6 Å². The number of amides is 1. The predicted molar refractivity (Wildman–Crippen MR) is 117 cm³/mol. The second kappa shape index (κ2) is 8.78. The minimum atomic E-state index is -0.372. The van der Waals surface area contributed by atoms with Crippen molar-refractivity contribution < 1.29 is 18.7 Å². The van der Waals surface area contributed by atoms with Gasteiger partial charge in [0.1, 0.15) is 18.2 Å². The molecule has 0 aromatic heterocycles. The molecule has 0 spiro atoms. The van der Waals surface area contributed by atoms with Crippen LogP contribution in [0.25, 0.3) is 11.3 Å². The molecule has 3 aliphatic rings. The van der Waals surface area contributed by atoms with E-state index in [1.54, 1.807) is 6.07 Å². The van der Waals surface area contributed by atoms with Gasteiger partial charge in [-0.15, -0.1) is 0 Å². The third-order valence-electron chi connectivity index (χ3n) is 6.04. The van der Waals surface area contributed by atoms with E-state index in [4.69, 9.17) is 9.47 Å². The van der Waals surface area contributed by atoms with Crippen LogP contribution in [-0.2, 0) is 27.3 Å². The van der Waals surface area contributed by atoms with Crippen molar-refractivity contribution in [3.63, 3.8) is 0 Å². The number of nitrogens with one attached hydrogen (secondary N) is 2. The van der Waals surface area contributed by atoms with E-state index in [-0.39, 0.29) is 11.7 Å². The maximum Gasteiger partial charge on any atom is 0.260 e. The summed E-state index contributed by atoms with van der Waals surface area (Å²) in [5.41, 5.74) is 4.78. The zero-order valence-corrected chi connectivity index (χ0v) is 17.4. The standard InChI is InChI=1S/C24H26FN3O3/c25-18-2-4-21-20(14-18)22(24(29)27-21)23-19-3-1-16(13-17(19)15-31-23)5-6-26-7-8-28-9-11-30-12-10-28/h1-4,13-14,26H,5-12,15H2,(H,27,29)/b23-22+. The lowest BCUT2D eigenvalue weighted by Gasteiger charge is -2.26. The first-order valence-corrected chi connectivity index (χ1v) is 10.8. The summed E-state index contributed by atoms with van der Waals surface area (Å²) in [5.74, 6) is -0.0907. The van der Waals surface area contributed by atoms with Crippen LogP contribution >= 0.6 is 0 Å². The summed E-state index contributed by atoms with van der Waals surface area (Å²) < 4.78 is 25.0. The van der Waals surface area contributed by atoms with Crippen LogP contribution in [-0.4, -0.2) is 56.7 Å². The van der Waals surface area contributed by atoms with Crippen LogP contribution in [0.15, 0.2) is 36.4 Å². The molecule has 7 heteroatoms. The first kappa shape index (κ1) is 20.2. The molecule has 0 radical (unpaired) electrons. The smallest absolute Gasteiger partial charge is 0.260 e. The fraction of sp³-hybridized carbons (Fsp3) is 0.375. The van der Waals surface area contributed by atoms with Crippen LogP contribution in [0.5, 0.6) is 0 Å². The highest BCUT2D eigenvalue weighted by atomic mass is 19.1. The predicted octanol–water partition coefficient (Wildman–Crippen LogP) is 2.64. The van der Waals surface area contributed by atoms with E-state index in [2.05, 4.69) is 27.7 Å². The Hall–Kier alpha value is -2.74. The Kier molecular flexibility index (Phi) is 5.72. The van der Waals surface area contributed by atoms with Crippen LogP contribution in [0.1, 0.15) is 22.3 Å². The number of halogens is 1. The van der Waals surface area contributed by atoms with E-state index < -0.39 is 0 Å². The lowest BCUT2D eigenvalue weighted by Crippen LogP contribution is -2.40. The quantitative estimate of drug-likeness (QED) is 0.553. The summed E-state index contributed by atoms with van der Waals surface area (Å²) in [4.78, 5) is 15.0. The molecule has 31 heavy (non-hydrogen) atoms. The zero-order chi connectivity index (χ0) is 21.2. The van der Waals surface area contributed by atoms with Crippen molar-refractivity contribution in [2.45, 2.75) is 13.0 Å². The number of fused-ring (bicyclic) bond motifs is 2. The highest BCUT2D eigenvalue weighted by molar-refractivity contribution is 6.36. The van der Waals surface area contributed by atoms with Gasteiger partial charge in [0.15, 0.2) is 0 Å². The van der Waals surface area contributed by atoms with E-state index in [1.807, 2.05) is 6.07 Å². The molecule has 0 bridgehead atoms. The third kappa shape index (κ3) is 4.21. The van der Waals surface area contributed by atoms with Crippen molar-refractivity contribution in [2.75, 3.05) is 51.3 Å². The summed E-state index contributed by atoms with van der Waals surface area (Å²) in [6, 6.07) is 10.5. The largest absolute Gasteiger partial charge is 0.487 e. The molecule has 1 saturated heterocycles. The summed E-state index contributed by atoms with van der Waals surface area (Å²) in [7, 11) is 0. The van der Waals surface area contributed by atoms with Crippen LogP contribution in [0.4, 0.5) is 10.1 Å². The molecule has 2 aromatic rings. The highest BCUT2D eigenvalue weighted by Crippen LogP contribution is 2.41. The molecule has 162 valence electrons. The van der Waals surface area contributed by atoms with E-state index >= 15 is 0 Å². The molecule has 2 N–H and O–H groups in total. The number of ether oxygens (including phenoxy) is 2. The second-order valence-corrected chi connectivity index (χ2v) is 8.08. The number of benzene rings is 2. The number of hydrogen-bond acceptors (Lipinski definition) is 5. The SMILES string of the molecule is O=C1Nc2ccc(F)cc2/C1=C1\OCc2cc(CCNCCN3CCOCC3)ccc21. The molecular formula is C24H26FN3O3. The number of morpholine rings is 1.